The molecule has 0 bridgehead atoms. The monoisotopic (exact) mass is 312 g/mol. The molecule has 2 aromatic rings. The minimum absolute atomic E-state index is 0.427. The summed E-state index contributed by atoms with van der Waals surface area (Å²) < 4.78 is 0. The van der Waals surface area contributed by atoms with E-state index in [1.54, 1.807) is 19.9 Å². The average Bonchev–Trinajstić information content (AvgIpc) is 2.46. The summed E-state index contributed by atoms with van der Waals surface area (Å²) in [5, 5.41) is 10.2. The summed E-state index contributed by atoms with van der Waals surface area (Å²) in [5.74, 6) is -0.427. The van der Waals surface area contributed by atoms with E-state index in [9.17, 15) is 9.90 Å². The molecule has 4 heteroatoms. The summed E-state index contributed by atoms with van der Waals surface area (Å²) in [6, 6.07) is 17.5. The van der Waals surface area contributed by atoms with Gasteiger partial charge in [-0.15, -0.1) is 0 Å². The number of hydrogen-bond donors (Lipinski definition) is 2. The fourth-order valence-corrected chi connectivity index (χ4v) is 2.64. The number of aliphatic hydroxyl groups is 1. The highest BCUT2D eigenvalue weighted by molar-refractivity contribution is 5.92. The van der Waals surface area contributed by atoms with Crippen LogP contribution in [0.15, 0.2) is 54.6 Å². The first-order valence-corrected chi connectivity index (χ1v) is 7.71. The molecule has 0 spiro atoms. The van der Waals surface area contributed by atoms with Crippen molar-refractivity contribution in [3.63, 3.8) is 0 Å². The lowest BCUT2D eigenvalue weighted by Gasteiger charge is -2.29. The normalized spacial score (nSPS) is 11.7. The number of primary amides is 1. The SMILES string of the molecule is CC(C)(O)CN(Cc1ccccc1)Cc1cccc(C(N)=O)c1. The van der Waals surface area contributed by atoms with E-state index in [0.717, 1.165) is 12.1 Å². The van der Waals surface area contributed by atoms with Crippen LogP contribution >= 0.6 is 0 Å². The van der Waals surface area contributed by atoms with Crippen LogP contribution in [0, 0.1) is 0 Å². The van der Waals surface area contributed by atoms with E-state index in [2.05, 4.69) is 17.0 Å². The van der Waals surface area contributed by atoms with Gasteiger partial charge in [0.15, 0.2) is 0 Å². The van der Waals surface area contributed by atoms with Crippen molar-refractivity contribution in [3.8, 4) is 0 Å². The minimum atomic E-state index is -0.796. The van der Waals surface area contributed by atoms with Gasteiger partial charge in [-0.25, -0.2) is 0 Å². The molecule has 0 aliphatic heterocycles. The molecule has 122 valence electrons. The van der Waals surface area contributed by atoms with Crippen LogP contribution in [0.3, 0.4) is 0 Å². The third-order valence-electron chi connectivity index (χ3n) is 3.48. The van der Waals surface area contributed by atoms with Crippen molar-refractivity contribution in [2.75, 3.05) is 6.54 Å². The molecule has 0 radical (unpaired) electrons. The number of carbonyl (C=O) groups is 1. The zero-order chi connectivity index (χ0) is 16.9. The van der Waals surface area contributed by atoms with Crippen molar-refractivity contribution < 1.29 is 9.90 Å². The number of amides is 1. The average molecular weight is 312 g/mol. The molecular weight excluding hydrogens is 288 g/mol. The topological polar surface area (TPSA) is 66.6 Å². The van der Waals surface area contributed by atoms with Crippen LogP contribution in [-0.2, 0) is 13.1 Å². The van der Waals surface area contributed by atoms with Crippen LogP contribution in [0.5, 0.6) is 0 Å². The molecule has 0 aliphatic carbocycles. The van der Waals surface area contributed by atoms with Crippen LogP contribution in [0.2, 0.25) is 0 Å². The minimum Gasteiger partial charge on any atom is -0.389 e. The van der Waals surface area contributed by atoms with E-state index in [0.29, 0.717) is 18.7 Å². The van der Waals surface area contributed by atoms with Crippen LogP contribution in [-0.4, -0.2) is 28.1 Å². The zero-order valence-electron chi connectivity index (χ0n) is 13.7. The molecule has 0 saturated heterocycles. The number of carbonyl (C=O) groups excluding carboxylic acids is 1. The smallest absolute Gasteiger partial charge is 0.248 e. The lowest BCUT2D eigenvalue weighted by Crippen LogP contribution is -2.37. The van der Waals surface area contributed by atoms with E-state index in [-0.39, 0.29) is 0 Å². The summed E-state index contributed by atoms with van der Waals surface area (Å²) in [5.41, 5.74) is 7.24. The maximum atomic E-state index is 11.3. The second-order valence-corrected chi connectivity index (χ2v) is 6.51. The molecule has 0 heterocycles. The van der Waals surface area contributed by atoms with E-state index in [4.69, 9.17) is 5.73 Å². The van der Waals surface area contributed by atoms with Gasteiger partial charge in [0.05, 0.1) is 5.60 Å². The van der Waals surface area contributed by atoms with Gasteiger partial charge >= 0.3 is 0 Å². The lowest BCUT2D eigenvalue weighted by molar-refractivity contribution is 0.0306. The van der Waals surface area contributed by atoms with Gasteiger partial charge in [0.2, 0.25) is 5.91 Å². The van der Waals surface area contributed by atoms with Gasteiger partial charge in [-0.05, 0) is 37.1 Å². The van der Waals surface area contributed by atoms with Gasteiger partial charge < -0.3 is 10.8 Å². The van der Waals surface area contributed by atoms with Gasteiger partial charge in [-0.2, -0.15) is 0 Å². The Morgan fingerprint density at radius 2 is 1.65 bits per heavy atom. The molecule has 0 aromatic heterocycles. The Bertz CT molecular complexity index is 648. The van der Waals surface area contributed by atoms with Gasteiger partial charge in [-0.1, -0.05) is 42.5 Å². The number of nitrogens with two attached hydrogens (primary N) is 1. The van der Waals surface area contributed by atoms with E-state index >= 15 is 0 Å². The Morgan fingerprint density at radius 3 is 2.26 bits per heavy atom. The van der Waals surface area contributed by atoms with Crippen LogP contribution in [0.1, 0.15) is 35.3 Å². The molecule has 0 saturated carbocycles. The highest BCUT2D eigenvalue weighted by Crippen LogP contribution is 2.15. The molecule has 1 amide bonds. The highest BCUT2D eigenvalue weighted by Gasteiger charge is 2.19. The molecule has 23 heavy (non-hydrogen) atoms. The summed E-state index contributed by atoms with van der Waals surface area (Å²) >= 11 is 0. The molecule has 0 unspecified atom stereocenters. The van der Waals surface area contributed by atoms with Gasteiger partial charge in [0.1, 0.15) is 0 Å². The van der Waals surface area contributed by atoms with E-state index < -0.39 is 11.5 Å². The van der Waals surface area contributed by atoms with Gasteiger partial charge in [-0.3, -0.25) is 9.69 Å². The second-order valence-electron chi connectivity index (χ2n) is 6.51. The Morgan fingerprint density at radius 1 is 1.04 bits per heavy atom. The molecule has 0 atom stereocenters. The van der Waals surface area contributed by atoms with Crippen molar-refractivity contribution in [1.82, 2.24) is 4.90 Å². The largest absolute Gasteiger partial charge is 0.389 e. The Balaban J connectivity index is 2.17. The Kier molecular flexibility index (Phi) is 5.53. The van der Waals surface area contributed by atoms with Crippen molar-refractivity contribution in [3.05, 3.63) is 71.3 Å². The zero-order valence-corrected chi connectivity index (χ0v) is 13.7. The van der Waals surface area contributed by atoms with Crippen LogP contribution in [0.25, 0.3) is 0 Å². The third kappa shape index (κ3) is 5.85. The fraction of sp³-hybridized carbons (Fsp3) is 0.316. The number of rotatable bonds is 7. The molecule has 2 rings (SSSR count). The molecule has 4 nitrogen and oxygen atoms in total. The van der Waals surface area contributed by atoms with Crippen molar-refractivity contribution in [2.24, 2.45) is 5.73 Å². The first kappa shape index (κ1) is 17.2. The molecule has 0 fully saturated rings. The lowest BCUT2D eigenvalue weighted by atomic mass is 10.1. The molecule has 3 N–H and O–H groups in total. The third-order valence-corrected chi connectivity index (χ3v) is 3.48. The predicted octanol–water partition coefficient (Wildman–Crippen LogP) is 2.56. The maximum absolute atomic E-state index is 11.3. The summed E-state index contributed by atoms with van der Waals surface area (Å²) in [4.78, 5) is 13.5. The number of nitrogens with zero attached hydrogens (tertiary/aromatic N) is 1. The maximum Gasteiger partial charge on any atom is 0.248 e. The number of hydrogen-bond acceptors (Lipinski definition) is 3. The number of benzene rings is 2. The second kappa shape index (κ2) is 7.40. The standard InChI is InChI=1S/C19H24N2O2/c1-19(2,23)14-21(12-15-7-4-3-5-8-15)13-16-9-6-10-17(11-16)18(20)22/h3-11,23H,12-14H2,1-2H3,(H2,20,22). The first-order valence-electron chi connectivity index (χ1n) is 7.71. The highest BCUT2D eigenvalue weighted by atomic mass is 16.3. The van der Waals surface area contributed by atoms with Crippen LogP contribution < -0.4 is 5.73 Å². The van der Waals surface area contributed by atoms with Crippen molar-refractivity contribution >= 4 is 5.91 Å². The predicted molar refractivity (Wildman–Crippen MR) is 91.8 cm³/mol. The van der Waals surface area contributed by atoms with Crippen molar-refractivity contribution in [2.45, 2.75) is 32.5 Å². The molecular formula is C19H24N2O2. The first-order chi connectivity index (χ1) is 10.8. The quantitative estimate of drug-likeness (QED) is 0.825. The van der Waals surface area contributed by atoms with E-state index in [1.165, 1.54) is 5.56 Å². The summed E-state index contributed by atoms with van der Waals surface area (Å²) in [6.07, 6.45) is 0. The molecule has 2 aromatic carbocycles. The van der Waals surface area contributed by atoms with Gasteiger partial charge in [0, 0.05) is 25.2 Å². The summed E-state index contributed by atoms with van der Waals surface area (Å²) in [7, 11) is 0. The van der Waals surface area contributed by atoms with E-state index in [1.807, 2.05) is 36.4 Å². The van der Waals surface area contributed by atoms with Crippen molar-refractivity contribution in [1.29, 1.82) is 0 Å². The fourth-order valence-electron chi connectivity index (χ4n) is 2.64. The molecule has 0 aliphatic rings. The van der Waals surface area contributed by atoms with Gasteiger partial charge in [0.25, 0.3) is 0 Å². The Labute approximate surface area is 137 Å². The summed E-state index contributed by atoms with van der Waals surface area (Å²) in [6.45, 7) is 5.49. The van der Waals surface area contributed by atoms with Crippen LogP contribution in [0.4, 0.5) is 0 Å². The Hall–Kier alpha value is -2.17.